The Morgan fingerprint density at radius 3 is 2.96 bits per heavy atom. The van der Waals surface area contributed by atoms with Gasteiger partial charge >= 0.3 is 0 Å². The van der Waals surface area contributed by atoms with E-state index in [1.54, 1.807) is 0 Å². The molecular formula is C19H20N4O3S. The molecule has 3 aromatic rings. The number of fused-ring (bicyclic) bond motifs is 2. The topological polar surface area (TPSA) is 69.0 Å². The fraction of sp³-hybridized carbons (Fsp3) is 0.421. The Labute approximate surface area is 160 Å². The molecule has 0 N–H and O–H groups in total. The van der Waals surface area contributed by atoms with E-state index in [0.29, 0.717) is 30.8 Å². The summed E-state index contributed by atoms with van der Waals surface area (Å²) in [6, 6.07) is 8.07. The van der Waals surface area contributed by atoms with Crippen LogP contribution in [0.3, 0.4) is 0 Å². The first-order chi connectivity index (χ1) is 13.2. The number of hydrogen-bond acceptors (Lipinski definition) is 7. The van der Waals surface area contributed by atoms with Gasteiger partial charge < -0.3 is 9.47 Å². The van der Waals surface area contributed by atoms with Crippen LogP contribution in [-0.4, -0.2) is 39.3 Å². The average molecular weight is 384 g/mol. The van der Waals surface area contributed by atoms with Crippen molar-refractivity contribution in [3.63, 3.8) is 0 Å². The second kappa shape index (κ2) is 6.61. The van der Waals surface area contributed by atoms with Crippen molar-refractivity contribution >= 4 is 16.3 Å². The monoisotopic (exact) mass is 384 g/mol. The van der Waals surface area contributed by atoms with Crippen LogP contribution in [-0.2, 0) is 6.54 Å². The number of nitrogens with zero attached hydrogens (tertiary/aromatic N) is 4. The lowest BCUT2D eigenvalue weighted by Crippen LogP contribution is -2.23. The summed E-state index contributed by atoms with van der Waals surface area (Å²) in [5.41, 5.74) is 1.85. The van der Waals surface area contributed by atoms with Gasteiger partial charge in [0.05, 0.1) is 6.54 Å². The number of aromatic nitrogens is 3. The third-order valence-corrected chi connectivity index (χ3v) is 5.96. The molecule has 0 bridgehead atoms. The van der Waals surface area contributed by atoms with Gasteiger partial charge in [0.25, 0.3) is 5.56 Å². The molecule has 8 heteroatoms. The molecule has 0 spiro atoms. The van der Waals surface area contributed by atoms with Gasteiger partial charge in [0.2, 0.25) is 4.96 Å². The maximum Gasteiger partial charge on any atom is 0.275 e. The van der Waals surface area contributed by atoms with Gasteiger partial charge in [-0.2, -0.15) is 9.61 Å². The molecule has 1 fully saturated rings. The molecule has 0 amide bonds. The van der Waals surface area contributed by atoms with E-state index in [1.165, 1.54) is 27.5 Å². The summed E-state index contributed by atoms with van der Waals surface area (Å²) in [6.07, 6.45) is 2.24. The zero-order valence-electron chi connectivity index (χ0n) is 15.1. The quantitative estimate of drug-likeness (QED) is 0.691. The summed E-state index contributed by atoms with van der Waals surface area (Å²) >= 11 is 1.49. The second-order valence-electron chi connectivity index (χ2n) is 6.96. The fourth-order valence-corrected chi connectivity index (χ4v) is 4.83. The Bertz CT molecular complexity index is 1060. The highest BCUT2D eigenvalue weighted by Gasteiger charge is 2.28. The normalized spacial score (nSPS) is 19.7. The van der Waals surface area contributed by atoms with Gasteiger partial charge in [0, 0.05) is 17.8 Å². The van der Waals surface area contributed by atoms with Crippen molar-refractivity contribution in [2.45, 2.75) is 32.4 Å². The van der Waals surface area contributed by atoms with Crippen LogP contribution in [0.15, 0.2) is 29.1 Å². The molecule has 1 saturated heterocycles. The predicted octanol–water partition coefficient (Wildman–Crippen LogP) is 2.57. The number of ether oxygens (including phenoxy) is 2. The van der Waals surface area contributed by atoms with E-state index < -0.39 is 0 Å². The number of rotatable bonds is 3. The highest BCUT2D eigenvalue weighted by Crippen LogP contribution is 2.38. The summed E-state index contributed by atoms with van der Waals surface area (Å²) in [7, 11) is 0. The highest BCUT2D eigenvalue weighted by molar-refractivity contribution is 7.16. The number of aryl methyl sites for hydroxylation is 1. The molecule has 2 aromatic heterocycles. The summed E-state index contributed by atoms with van der Waals surface area (Å²) in [6.45, 7) is 4.76. The molecule has 5 rings (SSSR count). The van der Waals surface area contributed by atoms with E-state index in [0.717, 1.165) is 41.6 Å². The van der Waals surface area contributed by atoms with Gasteiger partial charge in [0.1, 0.15) is 18.2 Å². The van der Waals surface area contributed by atoms with Crippen LogP contribution in [0.5, 0.6) is 11.5 Å². The van der Waals surface area contributed by atoms with Crippen molar-refractivity contribution in [1.29, 1.82) is 0 Å². The van der Waals surface area contributed by atoms with Crippen LogP contribution < -0.4 is 15.0 Å². The lowest BCUT2D eigenvalue weighted by atomic mass is 10.0. The van der Waals surface area contributed by atoms with E-state index in [4.69, 9.17) is 9.47 Å². The first-order valence-electron chi connectivity index (χ1n) is 9.17. The highest BCUT2D eigenvalue weighted by atomic mass is 32.1. The minimum Gasteiger partial charge on any atom is -0.486 e. The Morgan fingerprint density at radius 1 is 1.22 bits per heavy atom. The lowest BCUT2D eigenvalue weighted by molar-refractivity contribution is 0.170. The first-order valence-corrected chi connectivity index (χ1v) is 9.99. The van der Waals surface area contributed by atoms with Crippen molar-refractivity contribution in [3.05, 3.63) is 50.9 Å². The third kappa shape index (κ3) is 3.08. The molecule has 140 valence electrons. The Hall–Kier alpha value is -2.45. The van der Waals surface area contributed by atoms with E-state index in [1.807, 2.05) is 13.0 Å². The molecule has 0 radical (unpaired) electrons. The lowest BCUT2D eigenvalue weighted by Gasteiger charge is -2.25. The van der Waals surface area contributed by atoms with Crippen LogP contribution in [0.1, 0.15) is 35.1 Å². The van der Waals surface area contributed by atoms with Crippen molar-refractivity contribution in [2.75, 3.05) is 19.8 Å². The van der Waals surface area contributed by atoms with Gasteiger partial charge in [-0.1, -0.05) is 17.4 Å². The fourth-order valence-electron chi connectivity index (χ4n) is 3.86. The molecule has 27 heavy (non-hydrogen) atoms. The maximum absolute atomic E-state index is 12.1. The van der Waals surface area contributed by atoms with Crippen LogP contribution >= 0.6 is 11.3 Å². The Kier molecular flexibility index (Phi) is 4.09. The minimum absolute atomic E-state index is 0.121. The van der Waals surface area contributed by atoms with E-state index in [9.17, 15) is 4.79 Å². The molecule has 1 unspecified atom stereocenters. The molecule has 0 saturated carbocycles. The van der Waals surface area contributed by atoms with Gasteiger partial charge in [0.15, 0.2) is 11.5 Å². The van der Waals surface area contributed by atoms with Gasteiger partial charge in [-0.3, -0.25) is 9.69 Å². The summed E-state index contributed by atoms with van der Waals surface area (Å²) in [5, 5.41) is 5.40. The van der Waals surface area contributed by atoms with Gasteiger partial charge in [-0.15, -0.1) is 0 Å². The van der Waals surface area contributed by atoms with Crippen molar-refractivity contribution in [2.24, 2.45) is 0 Å². The molecule has 7 nitrogen and oxygen atoms in total. The molecule has 2 aliphatic rings. The van der Waals surface area contributed by atoms with Gasteiger partial charge in [-0.25, -0.2) is 4.98 Å². The van der Waals surface area contributed by atoms with Crippen molar-refractivity contribution in [1.82, 2.24) is 19.5 Å². The van der Waals surface area contributed by atoms with Crippen LogP contribution in [0, 0.1) is 6.92 Å². The second-order valence-corrected chi connectivity index (χ2v) is 8.00. The summed E-state index contributed by atoms with van der Waals surface area (Å²) in [5.74, 6) is 1.65. The van der Waals surface area contributed by atoms with Crippen LogP contribution in [0.4, 0.5) is 0 Å². The molecule has 0 aliphatic carbocycles. The molecule has 1 atom stereocenters. The van der Waals surface area contributed by atoms with Gasteiger partial charge in [-0.05, 0) is 44.0 Å². The number of likely N-dealkylation sites (tertiary alicyclic amines) is 1. The predicted molar refractivity (Wildman–Crippen MR) is 102 cm³/mol. The maximum atomic E-state index is 12.1. The average Bonchev–Trinajstić information content (AvgIpc) is 3.28. The van der Waals surface area contributed by atoms with Crippen LogP contribution in [0.25, 0.3) is 4.96 Å². The minimum atomic E-state index is -0.121. The standard InChI is InChI=1S/C19H20N4O3S/c1-12-9-18(24)23-19(20-12)27-17(21-23)11-22-6-2-3-14(22)13-4-5-15-16(10-13)26-8-7-25-15/h4-5,9-10,14H,2-3,6-8,11H2,1H3. The molecular weight excluding hydrogens is 364 g/mol. The largest absolute Gasteiger partial charge is 0.486 e. The third-order valence-electron chi connectivity index (χ3n) is 5.07. The molecule has 4 heterocycles. The summed E-state index contributed by atoms with van der Waals surface area (Å²) < 4.78 is 12.8. The van der Waals surface area contributed by atoms with E-state index in [2.05, 4.69) is 27.1 Å². The molecule has 2 aliphatic heterocycles. The smallest absolute Gasteiger partial charge is 0.275 e. The number of hydrogen-bond donors (Lipinski definition) is 0. The number of benzene rings is 1. The van der Waals surface area contributed by atoms with E-state index >= 15 is 0 Å². The van der Waals surface area contributed by atoms with Crippen molar-refractivity contribution in [3.8, 4) is 11.5 Å². The zero-order chi connectivity index (χ0) is 18.4. The zero-order valence-corrected chi connectivity index (χ0v) is 15.9. The van der Waals surface area contributed by atoms with E-state index in [-0.39, 0.29) is 5.56 Å². The summed E-state index contributed by atoms with van der Waals surface area (Å²) in [4.78, 5) is 19.6. The molecule has 1 aromatic carbocycles. The Morgan fingerprint density at radius 2 is 2.07 bits per heavy atom. The first kappa shape index (κ1) is 16.7. The van der Waals surface area contributed by atoms with Crippen molar-refractivity contribution < 1.29 is 9.47 Å². The Balaban J connectivity index is 1.42. The van der Waals surface area contributed by atoms with Crippen LogP contribution in [0.2, 0.25) is 0 Å². The SMILES string of the molecule is Cc1cc(=O)n2nc(CN3CCCC3c3ccc4c(c3)OCCO4)sc2n1.